The van der Waals surface area contributed by atoms with Crippen molar-refractivity contribution in [2.75, 3.05) is 32.0 Å². The number of amides is 1. The van der Waals surface area contributed by atoms with Crippen molar-refractivity contribution in [1.29, 1.82) is 0 Å². The van der Waals surface area contributed by atoms with Crippen molar-refractivity contribution in [3.8, 4) is 17.4 Å². The van der Waals surface area contributed by atoms with Gasteiger partial charge in [-0.2, -0.15) is 0 Å². The third-order valence-corrected chi connectivity index (χ3v) is 3.34. The van der Waals surface area contributed by atoms with Crippen LogP contribution in [0.2, 0.25) is 0 Å². The molecule has 0 saturated heterocycles. The number of nitrogens with zero attached hydrogens (tertiary/aromatic N) is 1. The molecule has 2 N–H and O–H groups in total. The first-order chi connectivity index (χ1) is 11.5. The van der Waals surface area contributed by atoms with Gasteiger partial charge in [0.15, 0.2) is 0 Å². The molecule has 2 aromatic rings. The Hall–Kier alpha value is -2.96. The Kier molecular flexibility index (Phi) is 5.83. The van der Waals surface area contributed by atoms with E-state index in [2.05, 4.69) is 15.6 Å². The molecule has 1 aromatic heterocycles. The van der Waals surface area contributed by atoms with Crippen molar-refractivity contribution < 1.29 is 19.0 Å². The summed E-state index contributed by atoms with van der Waals surface area (Å²) >= 11 is 0. The summed E-state index contributed by atoms with van der Waals surface area (Å²) in [4.78, 5) is 16.4. The van der Waals surface area contributed by atoms with Gasteiger partial charge in [-0.3, -0.25) is 4.79 Å². The fraction of sp³-hybridized carbons (Fsp3) is 0.294. The molecule has 1 amide bonds. The van der Waals surface area contributed by atoms with Gasteiger partial charge in [0.25, 0.3) is 0 Å². The van der Waals surface area contributed by atoms with Crippen LogP contribution in [0.4, 0.5) is 11.4 Å². The Morgan fingerprint density at radius 2 is 1.67 bits per heavy atom. The molecule has 0 saturated carbocycles. The molecule has 0 aliphatic carbocycles. The maximum atomic E-state index is 12.3. The number of rotatable bonds is 7. The van der Waals surface area contributed by atoms with E-state index in [1.165, 1.54) is 0 Å². The van der Waals surface area contributed by atoms with E-state index in [1.807, 2.05) is 0 Å². The molecule has 128 valence electrons. The van der Waals surface area contributed by atoms with Crippen LogP contribution in [0.5, 0.6) is 17.4 Å². The molecule has 0 bridgehead atoms. The van der Waals surface area contributed by atoms with Crippen molar-refractivity contribution in [1.82, 2.24) is 4.98 Å². The largest absolute Gasteiger partial charge is 0.497 e. The van der Waals surface area contributed by atoms with Gasteiger partial charge in [-0.25, -0.2) is 4.98 Å². The summed E-state index contributed by atoms with van der Waals surface area (Å²) in [6.07, 6.45) is 1.61. The van der Waals surface area contributed by atoms with E-state index in [-0.39, 0.29) is 5.91 Å². The van der Waals surface area contributed by atoms with Crippen LogP contribution in [0.15, 0.2) is 36.5 Å². The maximum absolute atomic E-state index is 12.3. The molecule has 0 aliphatic heterocycles. The zero-order chi connectivity index (χ0) is 17.5. The number of hydrogen-bond acceptors (Lipinski definition) is 6. The van der Waals surface area contributed by atoms with Gasteiger partial charge in [0.2, 0.25) is 11.8 Å². The molecule has 24 heavy (non-hydrogen) atoms. The second kappa shape index (κ2) is 8.05. The topological polar surface area (TPSA) is 81.7 Å². The lowest BCUT2D eigenvalue weighted by Crippen LogP contribution is -2.31. The fourth-order valence-electron chi connectivity index (χ4n) is 2.03. The first-order valence-electron chi connectivity index (χ1n) is 7.36. The number of nitrogens with one attached hydrogen (secondary N) is 2. The normalized spacial score (nSPS) is 11.3. The minimum Gasteiger partial charge on any atom is -0.497 e. The van der Waals surface area contributed by atoms with E-state index >= 15 is 0 Å². The number of hydrogen-bond donors (Lipinski definition) is 2. The van der Waals surface area contributed by atoms with Crippen molar-refractivity contribution in [3.05, 3.63) is 36.5 Å². The Morgan fingerprint density at radius 3 is 2.17 bits per heavy atom. The SMILES string of the molecule is COc1cc(NC(=O)[C@H](C)Nc2ccc(OC)nc2)cc(OC)c1. The molecule has 1 aromatic carbocycles. The van der Waals surface area contributed by atoms with Crippen LogP contribution in [0, 0.1) is 0 Å². The highest BCUT2D eigenvalue weighted by Crippen LogP contribution is 2.26. The van der Waals surface area contributed by atoms with Gasteiger partial charge >= 0.3 is 0 Å². The Morgan fingerprint density at radius 1 is 1.00 bits per heavy atom. The minimum atomic E-state index is -0.461. The van der Waals surface area contributed by atoms with Gasteiger partial charge in [-0.05, 0) is 13.0 Å². The van der Waals surface area contributed by atoms with Gasteiger partial charge in [0, 0.05) is 30.0 Å². The fourth-order valence-corrected chi connectivity index (χ4v) is 2.03. The van der Waals surface area contributed by atoms with Crippen LogP contribution in [-0.4, -0.2) is 38.3 Å². The third kappa shape index (κ3) is 4.52. The average Bonchev–Trinajstić information content (AvgIpc) is 2.61. The number of benzene rings is 1. The van der Waals surface area contributed by atoms with E-state index in [9.17, 15) is 4.79 Å². The van der Waals surface area contributed by atoms with E-state index < -0.39 is 6.04 Å². The molecule has 0 fully saturated rings. The van der Waals surface area contributed by atoms with Crippen LogP contribution in [0.3, 0.4) is 0 Å². The first kappa shape index (κ1) is 17.4. The van der Waals surface area contributed by atoms with Gasteiger partial charge in [-0.1, -0.05) is 0 Å². The molecule has 7 nitrogen and oxygen atoms in total. The Labute approximate surface area is 140 Å². The van der Waals surface area contributed by atoms with Gasteiger partial charge in [0.1, 0.15) is 17.5 Å². The van der Waals surface area contributed by atoms with Crippen LogP contribution >= 0.6 is 0 Å². The molecule has 0 radical (unpaired) electrons. The highest BCUT2D eigenvalue weighted by Gasteiger charge is 2.14. The van der Waals surface area contributed by atoms with Crippen LogP contribution in [0.1, 0.15) is 6.92 Å². The zero-order valence-electron chi connectivity index (χ0n) is 14.1. The number of anilines is 2. The molecular formula is C17H21N3O4. The van der Waals surface area contributed by atoms with Gasteiger partial charge in [0.05, 0.1) is 33.2 Å². The maximum Gasteiger partial charge on any atom is 0.246 e. The zero-order valence-corrected chi connectivity index (χ0v) is 14.1. The van der Waals surface area contributed by atoms with E-state index in [1.54, 1.807) is 64.8 Å². The summed E-state index contributed by atoms with van der Waals surface area (Å²) in [5.74, 6) is 1.52. The van der Waals surface area contributed by atoms with Crippen LogP contribution < -0.4 is 24.8 Å². The van der Waals surface area contributed by atoms with Crippen molar-refractivity contribution in [2.24, 2.45) is 0 Å². The lowest BCUT2D eigenvalue weighted by Gasteiger charge is -2.16. The average molecular weight is 331 g/mol. The Bertz CT molecular complexity index is 666. The van der Waals surface area contributed by atoms with Crippen molar-refractivity contribution >= 4 is 17.3 Å². The number of ether oxygens (including phenoxy) is 3. The summed E-state index contributed by atoms with van der Waals surface area (Å²) in [6, 6.07) is 8.24. The number of aromatic nitrogens is 1. The summed E-state index contributed by atoms with van der Waals surface area (Å²) in [7, 11) is 4.66. The molecule has 0 spiro atoms. The van der Waals surface area contributed by atoms with E-state index in [0.717, 1.165) is 5.69 Å². The molecule has 0 aliphatic rings. The summed E-state index contributed by atoms with van der Waals surface area (Å²) in [5.41, 5.74) is 1.32. The van der Waals surface area contributed by atoms with Gasteiger partial charge in [-0.15, -0.1) is 0 Å². The lowest BCUT2D eigenvalue weighted by atomic mass is 10.2. The molecular weight excluding hydrogens is 310 g/mol. The van der Waals surface area contributed by atoms with Crippen molar-refractivity contribution in [2.45, 2.75) is 13.0 Å². The summed E-state index contributed by atoms with van der Waals surface area (Å²) in [6.45, 7) is 1.76. The quantitative estimate of drug-likeness (QED) is 0.811. The highest BCUT2D eigenvalue weighted by molar-refractivity contribution is 5.96. The molecule has 2 rings (SSSR count). The van der Waals surface area contributed by atoms with Gasteiger partial charge < -0.3 is 24.8 Å². The van der Waals surface area contributed by atoms with E-state index in [4.69, 9.17) is 14.2 Å². The minimum absolute atomic E-state index is 0.193. The predicted molar refractivity (Wildman–Crippen MR) is 92.0 cm³/mol. The number of carbonyl (C=O) groups excluding carboxylic acids is 1. The first-order valence-corrected chi connectivity index (χ1v) is 7.36. The standard InChI is InChI=1S/C17H21N3O4/c1-11(19-12-5-6-16(24-4)18-10-12)17(21)20-13-7-14(22-2)9-15(8-13)23-3/h5-11,19H,1-4H3,(H,20,21)/t11-/m0/s1. The number of methoxy groups -OCH3 is 3. The highest BCUT2D eigenvalue weighted by atomic mass is 16.5. The summed E-state index contributed by atoms with van der Waals surface area (Å²) < 4.78 is 15.4. The molecule has 1 heterocycles. The summed E-state index contributed by atoms with van der Waals surface area (Å²) in [5, 5.41) is 5.91. The predicted octanol–water partition coefficient (Wildman–Crippen LogP) is 2.55. The number of pyridine rings is 1. The van der Waals surface area contributed by atoms with E-state index in [0.29, 0.717) is 23.1 Å². The third-order valence-electron chi connectivity index (χ3n) is 3.34. The number of carbonyl (C=O) groups is 1. The monoisotopic (exact) mass is 331 g/mol. The molecule has 7 heteroatoms. The molecule has 1 atom stereocenters. The Balaban J connectivity index is 2.02. The van der Waals surface area contributed by atoms with Crippen LogP contribution in [-0.2, 0) is 4.79 Å². The second-order valence-corrected chi connectivity index (χ2v) is 5.05. The second-order valence-electron chi connectivity index (χ2n) is 5.05. The van der Waals surface area contributed by atoms with Crippen LogP contribution in [0.25, 0.3) is 0 Å². The van der Waals surface area contributed by atoms with Crippen molar-refractivity contribution in [3.63, 3.8) is 0 Å². The smallest absolute Gasteiger partial charge is 0.246 e. The molecule has 0 unspecified atom stereocenters. The lowest BCUT2D eigenvalue weighted by molar-refractivity contribution is -0.116.